The van der Waals surface area contributed by atoms with E-state index < -0.39 is 5.97 Å². The van der Waals surface area contributed by atoms with Crippen LogP contribution in [0.3, 0.4) is 0 Å². The molecule has 0 spiro atoms. The summed E-state index contributed by atoms with van der Waals surface area (Å²) in [7, 11) is 0. The van der Waals surface area contributed by atoms with Crippen molar-refractivity contribution in [3.63, 3.8) is 0 Å². The highest BCUT2D eigenvalue weighted by molar-refractivity contribution is 5.96. The molecule has 21 heavy (non-hydrogen) atoms. The number of nitrogens with zero attached hydrogens (tertiary/aromatic N) is 2. The van der Waals surface area contributed by atoms with Gasteiger partial charge in [0.2, 0.25) is 0 Å². The second-order valence-electron chi connectivity index (χ2n) is 4.62. The Morgan fingerprint density at radius 2 is 1.71 bits per heavy atom. The van der Waals surface area contributed by atoms with Gasteiger partial charge in [0.05, 0.1) is 24.2 Å². The Bertz CT molecular complexity index is 727. The number of hydrogen-bond donors (Lipinski definition) is 0. The Morgan fingerprint density at radius 1 is 1.10 bits per heavy atom. The summed E-state index contributed by atoms with van der Waals surface area (Å²) in [5, 5.41) is 0. The molecule has 2 aromatic rings. The van der Waals surface area contributed by atoms with E-state index in [-0.39, 0.29) is 31.0 Å². The van der Waals surface area contributed by atoms with Crippen molar-refractivity contribution in [1.82, 2.24) is 9.13 Å². The first-order valence-corrected chi connectivity index (χ1v) is 6.93. The number of rotatable bonds is 6. The van der Waals surface area contributed by atoms with Gasteiger partial charge in [-0.3, -0.25) is 18.7 Å². The molecule has 6 nitrogen and oxygen atoms in total. The van der Waals surface area contributed by atoms with Gasteiger partial charge in [0.15, 0.2) is 5.78 Å². The van der Waals surface area contributed by atoms with E-state index in [1.54, 1.807) is 17.6 Å². The van der Waals surface area contributed by atoms with Crippen LogP contribution < -0.4 is 5.69 Å². The number of ether oxygens (including phenoxy) is 1. The molecule has 0 saturated carbocycles. The molecule has 2 rings (SSSR count). The summed E-state index contributed by atoms with van der Waals surface area (Å²) in [4.78, 5) is 35.6. The predicted octanol–water partition coefficient (Wildman–Crippen LogP) is 1.35. The Kier molecular flexibility index (Phi) is 4.57. The highest BCUT2D eigenvalue weighted by atomic mass is 16.5. The van der Waals surface area contributed by atoms with Gasteiger partial charge in [-0.25, -0.2) is 4.79 Å². The van der Waals surface area contributed by atoms with Crippen molar-refractivity contribution in [2.45, 2.75) is 33.4 Å². The Balaban J connectivity index is 2.30. The zero-order valence-electron chi connectivity index (χ0n) is 12.2. The fourth-order valence-electron chi connectivity index (χ4n) is 2.34. The third kappa shape index (κ3) is 3.04. The molecule has 0 aliphatic heterocycles. The summed E-state index contributed by atoms with van der Waals surface area (Å²) in [5.74, 6) is -0.899. The minimum atomic E-state index is -0.560. The van der Waals surface area contributed by atoms with E-state index in [1.165, 1.54) is 4.57 Å². The first-order valence-electron chi connectivity index (χ1n) is 6.93. The summed E-state index contributed by atoms with van der Waals surface area (Å²) in [6.07, 6.45) is -0.314. The number of fused-ring (bicyclic) bond motifs is 1. The fraction of sp³-hybridized carbons (Fsp3) is 0.400. The smallest absolute Gasteiger partial charge is 0.329 e. The van der Waals surface area contributed by atoms with Crippen molar-refractivity contribution in [3.05, 3.63) is 34.7 Å². The van der Waals surface area contributed by atoms with Gasteiger partial charge in [-0.15, -0.1) is 0 Å². The minimum Gasteiger partial charge on any atom is -0.466 e. The maximum Gasteiger partial charge on any atom is 0.329 e. The van der Waals surface area contributed by atoms with E-state index >= 15 is 0 Å². The molecule has 0 unspecified atom stereocenters. The van der Waals surface area contributed by atoms with Gasteiger partial charge >= 0.3 is 11.7 Å². The van der Waals surface area contributed by atoms with Crippen LogP contribution in [-0.2, 0) is 27.4 Å². The van der Waals surface area contributed by atoms with Crippen LogP contribution in [0.25, 0.3) is 11.0 Å². The second-order valence-corrected chi connectivity index (χ2v) is 4.62. The van der Waals surface area contributed by atoms with Gasteiger partial charge < -0.3 is 4.74 Å². The van der Waals surface area contributed by atoms with Crippen molar-refractivity contribution in [2.75, 3.05) is 6.61 Å². The number of aryl methyl sites for hydroxylation is 1. The SMILES string of the molecule is CCOC(=O)CC(=O)Cn1c(=O)n(CC)c2ccccc21. The lowest BCUT2D eigenvalue weighted by Gasteiger charge is -2.03. The third-order valence-electron chi connectivity index (χ3n) is 3.22. The molecule has 0 saturated heterocycles. The van der Waals surface area contributed by atoms with E-state index in [0.29, 0.717) is 12.1 Å². The van der Waals surface area contributed by atoms with Gasteiger partial charge in [0.1, 0.15) is 6.42 Å². The summed E-state index contributed by atoms with van der Waals surface area (Å²) in [5.41, 5.74) is 1.24. The molecule has 0 aliphatic rings. The average Bonchev–Trinajstić information content (AvgIpc) is 2.71. The highest BCUT2D eigenvalue weighted by Crippen LogP contribution is 2.12. The molecule has 0 amide bonds. The van der Waals surface area contributed by atoms with E-state index in [9.17, 15) is 14.4 Å². The lowest BCUT2D eigenvalue weighted by Crippen LogP contribution is -2.27. The molecule has 1 heterocycles. The maximum atomic E-state index is 12.3. The zero-order chi connectivity index (χ0) is 15.4. The summed E-state index contributed by atoms with van der Waals surface area (Å²) in [6, 6.07) is 7.29. The van der Waals surface area contributed by atoms with Crippen molar-refractivity contribution in [3.8, 4) is 0 Å². The molecular weight excluding hydrogens is 272 g/mol. The van der Waals surface area contributed by atoms with E-state index in [0.717, 1.165) is 5.52 Å². The van der Waals surface area contributed by atoms with Gasteiger partial charge in [-0.1, -0.05) is 12.1 Å². The van der Waals surface area contributed by atoms with Gasteiger partial charge in [0.25, 0.3) is 0 Å². The Labute approximate surface area is 121 Å². The predicted molar refractivity (Wildman–Crippen MR) is 78.1 cm³/mol. The number of carbonyl (C=O) groups excluding carboxylic acids is 2. The molecule has 0 radical (unpaired) electrons. The minimum absolute atomic E-state index is 0.120. The number of aromatic nitrogens is 2. The maximum absolute atomic E-state index is 12.3. The van der Waals surface area contributed by atoms with Crippen molar-refractivity contribution >= 4 is 22.8 Å². The molecule has 0 N–H and O–H groups in total. The third-order valence-corrected chi connectivity index (χ3v) is 3.22. The average molecular weight is 290 g/mol. The van der Waals surface area contributed by atoms with E-state index in [2.05, 4.69) is 0 Å². The number of esters is 1. The largest absolute Gasteiger partial charge is 0.466 e. The van der Waals surface area contributed by atoms with Crippen LogP contribution in [0.4, 0.5) is 0 Å². The van der Waals surface area contributed by atoms with Crippen molar-refractivity contribution in [2.24, 2.45) is 0 Å². The fourth-order valence-corrected chi connectivity index (χ4v) is 2.34. The first-order chi connectivity index (χ1) is 10.1. The molecular formula is C15H18N2O4. The van der Waals surface area contributed by atoms with Crippen LogP contribution in [0.5, 0.6) is 0 Å². The van der Waals surface area contributed by atoms with Gasteiger partial charge in [0, 0.05) is 6.54 Å². The molecule has 0 aliphatic carbocycles. The van der Waals surface area contributed by atoms with Crippen LogP contribution in [0.1, 0.15) is 20.3 Å². The molecule has 1 aromatic carbocycles. The molecule has 6 heteroatoms. The molecule has 0 fully saturated rings. The number of carbonyl (C=O) groups is 2. The quantitative estimate of drug-likeness (QED) is 0.594. The number of benzene rings is 1. The number of Topliss-reactive ketones (excluding diaryl/α,β-unsaturated/α-hetero) is 1. The molecule has 112 valence electrons. The number of ketones is 1. The molecule has 0 bridgehead atoms. The lowest BCUT2D eigenvalue weighted by atomic mass is 10.2. The normalized spacial score (nSPS) is 10.8. The van der Waals surface area contributed by atoms with Gasteiger partial charge in [-0.05, 0) is 26.0 Å². The summed E-state index contributed by atoms with van der Waals surface area (Å²) in [6.45, 7) is 4.20. The van der Waals surface area contributed by atoms with E-state index in [1.807, 2.05) is 25.1 Å². The van der Waals surface area contributed by atoms with Crippen molar-refractivity contribution < 1.29 is 14.3 Å². The lowest BCUT2D eigenvalue weighted by molar-refractivity contribution is -0.145. The van der Waals surface area contributed by atoms with Crippen LogP contribution in [-0.4, -0.2) is 27.5 Å². The van der Waals surface area contributed by atoms with Crippen LogP contribution in [0, 0.1) is 0 Å². The zero-order valence-corrected chi connectivity index (χ0v) is 12.2. The monoisotopic (exact) mass is 290 g/mol. The van der Waals surface area contributed by atoms with Crippen LogP contribution >= 0.6 is 0 Å². The highest BCUT2D eigenvalue weighted by Gasteiger charge is 2.16. The van der Waals surface area contributed by atoms with E-state index in [4.69, 9.17) is 4.74 Å². The number of para-hydroxylation sites is 2. The Hall–Kier alpha value is -2.37. The summed E-state index contributed by atoms with van der Waals surface area (Å²) < 4.78 is 7.75. The summed E-state index contributed by atoms with van der Waals surface area (Å²) >= 11 is 0. The standard InChI is InChI=1S/C15H18N2O4/c1-3-16-12-7-5-6-8-13(12)17(15(16)20)10-11(18)9-14(19)21-4-2/h5-8H,3-4,9-10H2,1-2H3. The topological polar surface area (TPSA) is 70.3 Å². The molecule has 1 aromatic heterocycles. The van der Waals surface area contributed by atoms with Crippen LogP contribution in [0.15, 0.2) is 29.1 Å². The van der Waals surface area contributed by atoms with Crippen LogP contribution in [0.2, 0.25) is 0 Å². The second kappa shape index (κ2) is 6.39. The number of hydrogen-bond acceptors (Lipinski definition) is 4. The molecule has 0 atom stereocenters. The van der Waals surface area contributed by atoms with Crippen molar-refractivity contribution in [1.29, 1.82) is 0 Å². The number of imidazole rings is 1. The Morgan fingerprint density at radius 3 is 2.29 bits per heavy atom. The van der Waals surface area contributed by atoms with Gasteiger partial charge in [-0.2, -0.15) is 0 Å². The first kappa shape index (κ1) is 15.0.